The Morgan fingerprint density at radius 3 is 2.57 bits per heavy atom. The van der Waals surface area contributed by atoms with Gasteiger partial charge in [-0.2, -0.15) is 0 Å². The summed E-state index contributed by atoms with van der Waals surface area (Å²) < 4.78 is 0. The van der Waals surface area contributed by atoms with Gasteiger partial charge in [0.05, 0.1) is 6.10 Å². The minimum atomic E-state index is -0.0368. The van der Waals surface area contributed by atoms with E-state index in [1.165, 1.54) is 19.3 Å². The molecule has 0 spiro atoms. The SMILES string of the molecule is CCCC(O)C1C2CCC(C2)C1(C)C. The van der Waals surface area contributed by atoms with Crippen LogP contribution in [0.25, 0.3) is 0 Å². The molecule has 4 atom stereocenters. The highest BCUT2D eigenvalue weighted by molar-refractivity contribution is 5.03. The molecule has 2 aliphatic rings. The molecule has 14 heavy (non-hydrogen) atoms. The Kier molecular flexibility index (Phi) is 2.63. The van der Waals surface area contributed by atoms with Crippen LogP contribution in [0.3, 0.4) is 0 Å². The molecular weight excluding hydrogens is 172 g/mol. The molecule has 2 bridgehead atoms. The van der Waals surface area contributed by atoms with E-state index >= 15 is 0 Å². The molecule has 2 fully saturated rings. The standard InChI is InChI=1S/C13H24O/c1-4-5-11(14)12-9-6-7-10(8-9)13(12,2)3/h9-12,14H,4-8H2,1-3H3. The average molecular weight is 196 g/mol. The summed E-state index contributed by atoms with van der Waals surface area (Å²) in [4.78, 5) is 0. The van der Waals surface area contributed by atoms with Gasteiger partial charge in [-0.15, -0.1) is 0 Å². The van der Waals surface area contributed by atoms with Crippen LogP contribution in [0.5, 0.6) is 0 Å². The number of fused-ring (bicyclic) bond motifs is 2. The van der Waals surface area contributed by atoms with Crippen molar-refractivity contribution in [3.63, 3.8) is 0 Å². The fourth-order valence-electron chi connectivity index (χ4n) is 4.18. The van der Waals surface area contributed by atoms with Crippen LogP contribution in [0.1, 0.15) is 52.9 Å². The lowest BCUT2D eigenvalue weighted by Crippen LogP contribution is -2.38. The van der Waals surface area contributed by atoms with Crippen LogP contribution < -0.4 is 0 Å². The second-order valence-electron chi connectivity index (χ2n) is 5.97. The Labute approximate surface area is 87.9 Å². The number of aliphatic hydroxyl groups excluding tert-OH is 1. The molecule has 0 aromatic carbocycles. The van der Waals surface area contributed by atoms with E-state index in [9.17, 15) is 5.11 Å². The predicted molar refractivity (Wildman–Crippen MR) is 59.0 cm³/mol. The largest absolute Gasteiger partial charge is 0.393 e. The van der Waals surface area contributed by atoms with Crippen LogP contribution in [0.4, 0.5) is 0 Å². The zero-order valence-corrected chi connectivity index (χ0v) is 9.79. The highest BCUT2D eigenvalue weighted by Gasteiger charge is 2.54. The van der Waals surface area contributed by atoms with E-state index in [4.69, 9.17) is 0 Å². The molecule has 0 heterocycles. The Hall–Kier alpha value is -0.0400. The predicted octanol–water partition coefficient (Wildman–Crippen LogP) is 3.22. The van der Waals surface area contributed by atoms with E-state index in [2.05, 4.69) is 20.8 Å². The fourth-order valence-corrected chi connectivity index (χ4v) is 4.18. The minimum absolute atomic E-state index is 0.0368. The minimum Gasteiger partial charge on any atom is -0.393 e. The molecule has 1 nitrogen and oxygen atoms in total. The summed E-state index contributed by atoms with van der Waals surface area (Å²) in [7, 11) is 0. The highest BCUT2D eigenvalue weighted by atomic mass is 16.3. The molecule has 1 heteroatoms. The molecule has 82 valence electrons. The van der Waals surface area contributed by atoms with Crippen LogP contribution in [0, 0.1) is 23.2 Å². The topological polar surface area (TPSA) is 20.2 Å². The summed E-state index contributed by atoms with van der Waals surface area (Å²) in [5.74, 6) is 2.31. The van der Waals surface area contributed by atoms with Crippen molar-refractivity contribution in [2.45, 2.75) is 59.0 Å². The molecule has 2 rings (SSSR count). The first-order chi connectivity index (χ1) is 6.57. The first-order valence-corrected chi connectivity index (χ1v) is 6.25. The summed E-state index contributed by atoms with van der Waals surface area (Å²) in [5, 5.41) is 10.2. The third kappa shape index (κ3) is 1.41. The monoisotopic (exact) mass is 196 g/mol. The lowest BCUT2D eigenvalue weighted by molar-refractivity contribution is -0.00683. The first kappa shape index (κ1) is 10.5. The number of aliphatic hydroxyl groups is 1. The maximum atomic E-state index is 10.2. The van der Waals surface area contributed by atoms with E-state index in [-0.39, 0.29) is 6.10 Å². The van der Waals surface area contributed by atoms with Gasteiger partial charge >= 0.3 is 0 Å². The number of rotatable bonds is 3. The molecule has 0 aliphatic heterocycles. The Morgan fingerprint density at radius 1 is 1.36 bits per heavy atom. The molecule has 0 amide bonds. The first-order valence-electron chi connectivity index (χ1n) is 6.25. The molecular formula is C13H24O. The summed E-state index contributed by atoms with van der Waals surface area (Å²) in [5.41, 5.74) is 0.400. The zero-order valence-electron chi connectivity index (χ0n) is 9.79. The van der Waals surface area contributed by atoms with Crippen LogP contribution in [-0.4, -0.2) is 11.2 Å². The molecule has 4 unspecified atom stereocenters. The van der Waals surface area contributed by atoms with Gasteiger partial charge in [0, 0.05) is 0 Å². The van der Waals surface area contributed by atoms with Gasteiger partial charge in [-0.05, 0) is 48.9 Å². The second kappa shape index (κ2) is 3.52. The van der Waals surface area contributed by atoms with Gasteiger partial charge in [0.25, 0.3) is 0 Å². The molecule has 2 saturated carbocycles. The molecule has 0 saturated heterocycles. The molecule has 0 radical (unpaired) electrons. The van der Waals surface area contributed by atoms with E-state index in [1.54, 1.807) is 0 Å². The molecule has 2 aliphatic carbocycles. The highest BCUT2D eigenvalue weighted by Crippen LogP contribution is 2.60. The van der Waals surface area contributed by atoms with Gasteiger partial charge in [-0.25, -0.2) is 0 Å². The van der Waals surface area contributed by atoms with Crippen molar-refractivity contribution in [3.05, 3.63) is 0 Å². The Bertz CT molecular complexity index is 209. The van der Waals surface area contributed by atoms with Crippen molar-refractivity contribution in [1.82, 2.24) is 0 Å². The van der Waals surface area contributed by atoms with Crippen molar-refractivity contribution in [1.29, 1.82) is 0 Å². The van der Waals surface area contributed by atoms with E-state index in [1.807, 2.05) is 0 Å². The fraction of sp³-hybridized carbons (Fsp3) is 1.00. The van der Waals surface area contributed by atoms with Gasteiger partial charge in [0.15, 0.2) is 0 Å². The second-order valence-corrected chi connectivity index (χ2v) is 5.97. The van der Waals surface area contributed by atoms with Gasteiger partial charge in [-0.1, -0.05) is 27.2 Å². The molecule has 0 aromatic rings. The van der Waals surface area contributed by atoms with Gasteiger partial charge in [0.1, 0.15) is 0 Å². The van der Waals surface area contributed by atoms with Gasteiger partial charge < -0.3 is 5.11 Å². The maximum Gasteiger partial charge on any atom is 0.0576 e. The van der Waals surface area contributed by atoms with E-state index in [0.717, 1.165) is 24.7 Å². The van der Waals surface area contributed by atoms with Crippen molar-refractivity contribution in [2.24, 2.45) is 23.2 Å². The summed E-state index contributed by atoms with van der Waals surface area (Å²) in [6.07, 6.45) is 6.25. The van der Waals surface area contributed by atoms with Crippen LogP contribution >= 0.6 is 0 Å². The van der Waals surface area contributed by atoms with Gasteiger partial charge in [-0.3, -0.25) is 0 Å². The van der Waals surface area contributed by atoms with Crippen molar-refractivity contribution in [3.8, 4) is 0 Å². The lowest BCUT2D eigenvalue weighted by atomic mass is 9.66. The zero-order chi connectivity index (χ0) is 10.3. The average Bonchev–Trinajstić information content (AvgIpc) is 2.61. The summed E-state index contributed by atoms with van der Waals surface area (Å²) in [6, 6.07) is 0. The third-order valence-electron chi connectivity index (χ3n) is 4.89. The molecule has 0 aromatic heterocycles. The van der Waals surface area contributed by atoms with Crippen molar-refractivity contribution in [2.75, 3.05) is 0 Å². The van der Waals surface area contributed by atoms with Gasteiger partial charge in [0.2, 0.25) is 0 Å². The lowest BCUT2D eigenvalue weighted by Gasteiger charge is -2.41. The maximum absolute atomic E-state index is 10.2. The van der Waals surface area contributed by atoms with Crippen LogP contribution in [0.2, 0.25) is 0 Å². The number of hydrogen-bond acceptors (Lipinski definition) is 1. The van der Waals surface area contributed by atoms with Crippen molar-refractivity contribution < 1.29 is 5.11 Å². The van der Waals surface area contributed by atoms with Crippen LogP contribution in [0.15, 0.2) is 0 Å². The Morgan fingerprint density at radius 2 is 2.07 bits per heavy atom. The van der Waals surface area contributed by atoms with Crippen molar-refractivity contribution >= 4 is 0 Å². The third-order valence-corrected chi connectivity index (χ3v) is 4.89. The summed E-state index contributed by atoms with van der Waals surface area (Å²) >= 11 is 0. The van der Waals surface area contributed by atoms with Crippen LogP contribution in [-0.2, 0) is 0 Å². The number of hydrogen-bond donors (Lipinski definition) is 1. The quantitative estimate of drug-likeness (QED) is 0.735. The summed E-state index contributed by atoms with van der Waals surface area (Å²) in [6.45, 7) is 6.92. The van der Waals surface area contributed by atoms with E-state index < -0.39 is 0 Å². The smallest absolute Gasteiger partial charge is 0.0576 e. The Balaban J connectivity index is 2.10. The normalized spacial score (nSPS) is 41.6. The molecule has 1 N–H and O–H groups in total. The van der Waals surface area contributed by atoms with E-state index in [0.29, 0.717) is 11.3 Å².